The molecule has 0 aliphatic carbocycles. The number of rotatable bonds is 4. The number of carbonyl (C=O) groups is 2. The summed E-state index contributed by atoms with van der Waals surface area (Å²) >= 11 is 0. The molecular formula is C14H21N3O4. The summed E-state index contributed by atoms with van der Waals surface area (Å²) in [6.45, 7) is 4.57. The van der Waals surface area contributed by atoms with Crippen LogP contribution in [0.1, 0.15) is 36.5 Å². The molecule has 1 fully saturated rings. The second-order valence-electron chi connectivity index (χ2n) is 5.08. The van der Waals surface area contributed by atoms with Crippen LogP contribution < -0.4 is 0 Å². The lowest BCUT2D eigenvalue weighted by molar-refractivity contribution is -0.145. The third-order valence-corrected chi connectivity index (χ3v) is 3.72. The van der Waals surface area contributed by atoms with Gasteiger partial charge in [0.25, 0.3) is 5.91 Å². The second kappa shape index (κ2) is 6.26. The van der Waals surface area contributed by atoms with E-state index in [1.807, 2.05) is 13.8 Å². The molecule has 1 amide bonds. The molecule has 1 aromatic heterocycles. The van der Waals surface area contributed by atoms with Crippen LogP contribution >= 0.6 is 0 Å². The first kappa shape index (κ1) is 15.5. The quantitative estimate of drug-likeness (QED) is 0.803. The number of amides is 1. The maximum absolute atomic E-state index is 12.7. The number of aromatic nitrogens is 2. The average molecular weight is 295 g/mol. The van der Waals surface area contributed by atoms with Gasteiger partial charge >= 0.3 is 5.97 Å². The van der Waals surface area contributed by atoms with Crippen LogP contribution in [0, 0.1) is 0 Å². The van der Waals surface area contributed by atoms with Gasteiger partial charge in [0.2, 0.25) is 0 Å². The fraction of sp³-hybridized carbons (Fsp3) is 0.643. The predicted octanol–water partition coefficient (Wildman–Crippen LogP) is 0.214. The molecule has 1 N–H and O–H groups in total. The predicted molar refractivity (Wildman–Crippen MR) is 74.7 cm³/mol. The Morgan fingerprint density at radius 2 is 2.19 bits per heavy atom. The average Bonchev–Trinajstić information content (AvgIpc) is 3.08. The zero-order valence-electron chi connectivity index (χ0n) is 12.6. The molecule has 7 nitrogen and oxygen atoms in total. The Morgan fingerprint density at radius 3 is 2.76 bits per heavy atom. The highest BCUT2D eigenvalue weighted by Crippen LogP contribution is 2.22. The summed E-state index contributed by atoms with van der Waals surface area (Å²) in [5.74, 6) is -0.797. The van der Waals surface area contributed by atoms with Crippen molar-refractivity contribution in [3.05, 3.63) is 17.5 Å². The van der Waals surface area contributed by atoms with Gasteiger partial charge in [0.1, 0.15) is 11.7 Å². The van der Waals surface area contributed by atoms with E-state index in [1.165, 1.54) is 12.0 Å². The fourth-order valence-electron chi connectivity index (χ4n) is 2.60. The number of esters is 1. The van der Waals surface area contributed by atoms with Crippen molar-refractivity contribution >= 4 is 11.9 Å². The van der Waals surface area contributed by atoms with Gasteiger partial charge in [-0.2, -0.15) is 5.10 Å². The molecular weight excluding hydrogens is 274 g/mol. The first-order valence-electron chi connectivity index (χ1n) is 7.15. The summed E-state index contributed by atoms with van der Waals surface area (Å²) < 4.78 is 6.34. The summed E-state index contributed by atoms with van der Waals surface area (Å²) in [4.78, 5) is 25.8. The Kier molecular flexibility index (Phi) is 4.62. The molecule has 2 rings (SSSR count). The van der Waals surface area contributed by atoms with Crippen molar-refractivity contribution in [3.63, 3.8) is 0 Å². The van der Waals surface area contributed by atoms with E-state index in [0.717, 1.165) is 12.1 Å². The highest BCUT2D eigenvalue weighted by atomic mass is 16.5. The van der Waals surface area contributed by atoms with Crippen LogP contribution in [-0.2, 0) is 22.5 Å². The Morgan fingerprint density at radius 1 is 1.48 bits per heavy atom. The van der Waals surface area contributed by atoms with Crippen molar-refractivity contribution in [3.8, 4) is 0 Å². The fourth-order valence-corrected chi connectivity index (χ4v) is 2.60. The molecule has 1 aliphatic rings. The van der Waals surface area contributed by atoms with Crippen molar-refractivity contribution in [1.29, 1.82) is 0 Å². The SMILES string of the molecule is CCc1cc(C(=O)N2CC(O)CC2C(=O)OC)n(CC)n1. The van der Waals surface area contributed by atoms with E-state index in [0.29, 0.717) is 12.2 Å². The second-order valence-corrected chi connectivity index (χ2v) is 5.08. The van der Waals surface area contributed by atoms with Gasteiger partial charge in [0.15, 0.2) is 0 Å². The molecule has 2 atom stereocenters. The number of carbonyl (C=O) groups excluding carboxylic acids is 2. The number of aryl methyl sites for hydroxylation is 2. The highest BCUT2D eigenvalue weighted by Gasteiger charge is 2.40. The van der Waals surface area contributed by atoms with Gasteiger partial charge in [-0.1, -0.05) is 6.92 Å². The van der Waals surface area contributed by atoms with E-state index in [9.17, 15) is 14.7 Å². The maximum atomic E-state index is 12.7. The first-order chi connectivity index (χ1) is 10.0. The summed E-state index contributed by atoms with van der Waals surface area (Å²) in [6, 6.07) is 1.01. The van der Waals surface area contributed by atoms with Gasteiger partial charge in [-0.25, -0.2) is 4.79 Å². The molecule has 1 aliphatic heterocycles. The Labute approximate surface area is 123 Å². The monoisotopic (exact) mass is 295 g/mol. The lowest BCUT2D eigenvalue weighted by Crippen LogP contribution is -2.42. The first-order valence-corrected chi connectivity index (χ1v) is 7.15. The lowest BCUT2D eigenvalue weighted by atomic mass is 10.2. The van der Waals surface area contributed by atoms with E-state index < -0.39 is 18.1 Å². The number of methoxy groups -OCH3 is 1. The molecule has 0 radical (unpaired) electrons. The minimum atomic E-state index is -0.734. The molecule has 0 spiro atoms. The summed E-state index contributed by atoms with van der Waals surface area (Å²) in [5.41, 5.74) is 1.27. The number of nitrogens with zero attached hydrogens (tertiary/aromatic N) is 3. The largest absolute Gasteiger partial charge is 0.467 e. The van der Waals surface area contributed by atoms with Gasteiger partial charge in [-0.15, -0.1) is 0 Å². The summed E-state index contributed by atoms with van der Waals surface area (Å²) in [7, 11) is 1.28. The smallest absolute Gasteiger partial charge is 0.328 e. The van der Waals surface area contributed by atoms with Gasteiger partial charge in [0, 0.05) is 19.5 Å². The van der Waals surface area contributed by atoms with E-state index in [4.69, 9.17) is 4.74 Å². The van der Waals surface area contributed by atoms with Gasteiger partial charge in [-0.3, -0.25) is 9.48 Å². The van der Waals surface area contributed by atoms with Gasteiger partial charge in [0.05, 0.1) is 18.9 Å². The Balaban J connectivity index is 2.29. The third-order valence-electron chi connectivity index (χ3n) is 3.72. The van der Waals surface area contributed by atoms with Crippen LogP contribution in [0.4, 0.5) is 0 Å². The molecule has 116 valence electrons. The minimum absolute atomic E-state index is 0.134. The van der Waals surface area contributed by atoms with E-state index in [1.54, 1.807) is 10.7 Å². The van der Waals surface area contributed by atoms with Crippen LogP contribution in [0.5, 0.6) is 0 Å². The number of ether oxygens (including phenoxy) is 1. The number of β-amino-alcohol motifs (C(OH)–C–C–N with tert-alkyl or cyclic N) is 1. The lowest BCUT2D eigenvalue weighted by Gasteiger charge is -2.22. The number of aliphatic hydroxyl groups is 1. The third kappa shape index (κ3) is 2.92. The molecule has 0 bridgehead atoms. The molecule has 0 saturated carbocycles. The normalized spacial score (nSPS) is 21.6. The summed E-state index contributed by atoms with van der Waals surface area (Å²) in [5, 5.41) is 14.1. The summed E-state index contributed by atoms with van der Waals surface area (Å²) in [6.07, 6.45) is 0.233. The minimum Gasteiger partial charge on any atom is -0.467 e. The molecule has 1 saturated heterocycles. The standard InChI is InChI=1S/C14H21N3O4/c1-4-9-6-11(17(5-2)15-9)13(19)16-8-10(18)7-12(16)14(20)21-3/h6,10,12,18H,4-5,7-8H2,1-3H3. The molecule has 2 heterocycles. The molecule has 21 heavy (non-hydrogen) atoms. The van der Waals surface area contributed by atoms with E-state index in [2.05, 4.69) is 5.10 Å². The zero-order valence-corrected chi connectivity index (χ0v) is 12.6. The Bertz CT molecular complexity index is 540. The van der Waals surface area contributed by atoms with E-state index >= 15 is 0 Å². The van der Waals surface area contributed by atoms with Crippen LogP contribution in [0.25, 0.3) is 0 Å². The van der Waals surface area contributed by atoms with Crippen molar-refractivity contribution in [2.45, 2.75) is 45.4 Å². The van der Waals surface area contributed by atoms with Gasteiger partial charge < -0.3 is 14.7 Å². The number of hydrogen-bond acceptors (Lipinski definition) is 5. The van der Waals surface area contributed by atoms with Crippen molar-refractivity contribution in [1.82, 2.24) is 14.7 Å². The van der Waals surface area contributed by atoms with E-state index in [-0.39, 0.29) is 18.9 Å². The molecule has 1 aromatic rings. The van der Waals surface area contributed by atoms with Crippen molar-refractivity contribution < 1.29 is 19.4 Å². The molecule has 7 heteroatoms. The maximum Gasteiger partial charge on any atom is 0.328 e. The van der Waals surface area contributed by atoms with Gasteiger partial charge in [-0.05, 0) is 19.4 Å². The Hall–Kier alpha value is -1.89. The van der Waals surface area contributed by atoms with Crippen LogP contribution in [0.15, 0.2) is 6.07 Å². The number of likely N-dealkylation sites (tertiary alicyclic amines) is 1. The number of hydrogen-bond donors (Lipinski definition) is 1. The van der Waals surface area contributed by atoms with Crippen LogP contribution in [0.3, 0.4) is 0 Å². The van der Waals surface area contributed by atoms with Crippen LogP contribution in [0.2, 0.25) is 0 Å². The van der Waals surface area contributed by atoms with Crippen LogP contribution in [-0.4, -0.2) is 57.5 Å². The molecule has 2 unspecified atom stereocenters. The number of aliphatic hydroxyl groups excluding tert-OH is 1. The zero-order chi connectivity index (χ0) is 15.6. The molecule has 0 aromatic carbocycles. The topological polar surface area (TPSA) is 84.7 Å². The van der Waals surface area contributed by atoms with Crippen molar-refractivity contribution in [2.75, 3.05) is 13.7 Å². The highest BCUT2D eigenvalue weighted by molar-refractivity contribution is 5.96. The van der Waals surface area contributed by atoms with Crippen molar-refractivity contribution in [2.24, 2.45) is 0 Å².